The Labute approximate surface area is 108 Å². The van der Waals surface area contributed by atoms with E-state index in [-0.39, 0.29) is 5.92 Å². The molecule has 1 N–H and O–H groups in total. The highest BCUT2D eigenvalue weighted by Gasteiger charge is 2.42. The summed E-state index contributed by atoms with van der Waals surface area (Å²) in [5.41, 5.74) is 2.50. The van der Waals surface area contributed by atoms with Gasteiger partial charge in [-0.05, 0) is 48.8 Å². The van der Waals surface area contributed by atoms with Crippen LogP contribution in [0.15, 0.2) is 18.2 Å². The topological polar surface area (TPSA) is 46.5 Å². The fourth-order valence-corrected chi connectivity index (χ4v) is 2.46. The van der Waals surface area contributed by atoms with Crippen molar-refractivity contribution in [2.45, 2.75) is 32.6 Å². The van der Waals surface area contributed by atoms with Crippen LogP contribution in [0.4, 0.5) is 0 Å². The van der Waals surface area contributed by atoms with E-state index in [1.807, 2.05) is 6.07 Å². The van der Waals surface area contributed by atoms with Gasteiger partial charge >= 0.3 is 5.97 Å². The number of hydrogen-bond acceptors (Lipinski definition) is 2. The number of carbonyl (C=O) groups is 1. The van der Waals surface area contributed by atoms with Gasteiger partial charge < -0.3 is 9.84 Å². The van der Waals surface area contributed by atoms with Gasteiger partial charge in [0.15, 0.2) is 0 Å². The van der Waals surface area contributed by atoms with Gasteiger partial charge in [0.05, 0.1) is 13.0 Å². The first kappa shape index (κ1) is 12.9. The summed E-state index contributed by atoms with van der Waals surface area (Å²) in [5, 5.41) is 8.88. The highest BCUT2D eigenvalue weighted by atomic mass is 16.5. The van der Waals surface area contributed by atoms with Gasteiger partial charge in [-0.1, -0.05) is 19.1 Å². The van der Waals surface area contributed by atoms with Gasteiger partial charge in [-0.15, -0.1) is 0 Å². The third kappa shape index (κ3) is 2.84. The second-order valence-corrected chi connectivity index (χ2v) is 4.98. The van der Waals surface area contributed by atoms with Crippen LogP contribution in [-0.2, 0) is 17.6 Å². The first-order chi connectivity index (χ1) is 8.65. The molecule has 0 spiro atoms. The predicted molar refractivity (Wildman–Crippen MR) is 69.9 cm³/mol. The molecule has 1 saturated carbocycles. The Balaban J connectivity index is 1.98. The van der Waals surface area contributed by atoms with Crippen molar-refractivity contribution in [1.82, 2.24) is 0 Å². The van der Waals surface area contributed by atoms with E-state index in [2.05, 4.69) is 19.1 Å². The average Bonchev–Trinajstić information content (AvgIpc) is 3.15. The van der Waals surface area contributed by atoms with Crippen LogP contribution in [0.3, 0.4) is 0 Å². The lowest BCUT2D eigenvalue weighted by molar-refractivity contribution is -0.138. The van der Waals surface area contributed by atoms with Crippen LogP contribution >= 0.6 is 0 Å². The van der Waals surface area contributed by atoms with E-state index < -0.39 is 5.97 Å². The van der Waals surface area contributed by atoms with E-state index in [4.69, 9.17) is 9.84 Å². The van der Waals surface area contributed by atoms with E-state index in [1.54, 1.807) is 7.11 Å². The Morgan fingerprint density at radius 2 is 2.28 bits per heavy atom. The van der Waals surface area contributed by atoms with Crippen LogP contribution in [0, 0.1) is 11.8 Å². The maximum absolute atomic E-state index is 10.8. The summed E-state index contributed by atoms with van der Waals surface area (Å²) in [7, 11) is 1.68. The van der Waals surface area contributed by atoms with Crippen LogP contribution < -0.4 is 4.74 Å². The second kappa shape index (κ2) is 5.42. The summed E-state index contributed by atoms with van der Waals surface area (Å²) >= 11 is 0. The number of rotatable bonds is 6. The molecule has 1 aromatic rings. The molecule has 0 heterocycles. The number of carboxylic acids is 1. The minimum absolute atomic E-state index is 0.106. The average molecular weight is 248 g/mol. The normalized spacial score (nSPS) is 21.7. The van der Waals surface area contributed by atoms with Crippen molar-refractivity contribution in [3.8, 4) is 5.75 Å². The lowest BCUT2D eigenvalue weighted by atomic mass is 10.0. The number of ether oxygens (including phenoxy) is 1. The van der Waals surface area contributed by atoms with Crippen molar-refractivity contribution < 1.29 is 14.6 Å². The Bertz CT molecular complexity index is 439. The molecule has 1 aliphatic rings. The molecule has 0 saturated heterocycles. The number of aliphatic carboxylic acids is 1. The number of aryl methyl sites for hydroxylation is 2. The van der Waals surface area contributed by atoms with E-state index >= 15 is 0 Å². The monoisotopic (exact) mass is 248 g/mol. The SMILES string of the molecule is CCc1ccc(OC)c(CCC2CC2C(=O)O)c1. The Morgan fingerprint density at radius 3 is 2.83 bits per heavy atom. The van der Waals surface area contributed by atoms with Gasteiger partial charge in [-0.2, -0.15) is 0 Å². The zero-order chi connectivity index (χ0) is 13.1. The van der Waals surface area contributed by atoms with E-state index in [1.165, 1.54) is 11.1 Å². The fraction of sp³-hybridized carbons (Fsp3) is 0.533. The molecular weight excluding hydrogens is 228 g/mol. The van der Waals surface area contributed by atoms with Crippen molar-refractivity contribution >= 4 is 5.97 Å². The van der Waals surface area contributed by atoms with Gasteiger partial charge in [-0.3, -0.25) is 4.79 Å². The predicted octanol–water partition coefficient (Wildman–Crippen LogP) is 2.91. The van der Waals surface area contributed by atoms with Gasteiger partial charge in [-0.25, -0.2) is 0 Å². The molecule has 2 rings (SSSR count). The Kier molecular flexibility index (Phi) is 3.90. The van der Waals surface area contributed by atoms with Crippen LogP contribution in [0.25, 0.3) is 0 Å². The molecule has 18 heavy (non-hydrogen) atoms. The zero-order valence-electron chi connectivity index (χ0n) is 11.0. The first-order valence-corrected chi connectivity index (χ1v) is 6.54. The molecule has 1 fully saturated rings. The summed E-state index contributed by atoms with van der Waals surface area (Å²) in [6, 6.07) is 6.27. The number of methoxy groups -OCH3 is 1. The number of benzene rings is 1. The quantitative estimate of drug-likeness (QED) is 0.842. The van der Waals surface area contributed by atoms with Crippen molar-refractivity contribution in [3.63, 3.8) is 0 Å². The molecule has 3 nitrogen and oxygen atoms in total. The van der Waals surface area contributed by atoms with Crippen molar-refractivity contribution in [3.05, 3.63) is 29.3 Å². The summed E-state index contributed by atoms with van der Waals surface area (Å²) in [6.45, 7) is 2.13. The molecule has 1 aliphatic carbocycles. The molecule has 0 bridgehead atoms. The molecule has 3 heteroatoms. The standard InChI is InChI=1S/C15H20O3/c1-3-10-4-7-14(18-2)12(8-10)6-5-11-9-13(11)15(16)17/h4,7-8,11,13H,3,5-6,9H2,1-2H3,(H,16,17). The van der Waals surface area contributed by atoms with E-state index in [9.17, 15) is 4.79 Å². The van der Waals surface area contributed by atoms with Gasteiger partial charge in [0, 0.05) is 0 Å². The second-order valence-electron chi connectivity index (χ2n) is 4.98. The summed E-state index contributed by atoms with van der Waals surface area (Å²) < 4.78 is 5.36. The molecule has 0 radical (unpaired) electrons. The van der Waals surface area contributed by atoms with Crippen LogP contribution in [0.5, 0.6) is 5.75 Å². The third-order valence-corrected chi connectivity index (χ3v) is 3.78. The highest BCUT2D eigenvalue weighted by molar-refractivity contribution is 5.73. The van der Waals surface area contributed by atoms with Gasteiger partial charge in [0.1, 0.15) is 5.75 Å². The van der Waals surface area contributed by atoms with E-state index in [0.717, 1.165) is 31.4 Å². The largest absolute Gasteiger partial charge is 0.496 e. The van der Waals surface area contributed by atoms with Crippen LogP contribution in [0.1, 0.15) is 30.9 Å². The first-order valence-electron chi connectivity index (χ1n) is 6.54. The number of hydrogen-bond donors (Lipinski definition) is 1. The van der Waals surface area contributed by atoms with Crippen molar-refractivity contribution in [1.29, 1.82) is 0 Å². The molecule has 1 aromatic carbocycles. The maximum atomic E-state index is 10.8. The summed E-state index contributed by atoms with van der Waals surface area (Å²) in [4.78, 5) is 10.8. The smallest absolute Gasteiger partial charge is 0.306 e. The summed E-state index contributed by atoms with van der Waals surface area (Å²) in [6.07, 6.45) is 3.70. The van der Waals surface area contributed by atoms with Crippen LogP contribution in [0.2, 0.25) is 0 Å². The maximum Gasteiger partial charge on any atom is 0.306 e. The molecule has 2 unspecified atom stereocenters. The van der Waals surface area contributed by atoms with Crippen molar-refractivity contribution in [2.24, 2.45) is 11.8 Å². The molecule has 0 aromatic heterocycles. The van der Waals surface area contributed by atoms with Gasteiger partial charge in [0.25, 0.3) is 0 Å². The highest BCUT2D eigenvalue weighted by Crippen LogP contribution is 2.42. The Hall–Kier alpha value is -1.51. The molecular formula is C15H20O3. The zero-order valence-corrected chi connectivity index (χ0v) is 11.0. The Morgan fingerprint density at radius 1 is 1.50 bits per heavy atom. The minimum Gasteiger partial charge on any atom is -0.496 e. The van der Waals surface area contributed by atoms with Crippen LogP contribution in [-0.4, -0.2) is 18.2 Å². The lowest BCUT2D eigenvalue weighted by Gasteiger charge is -2.10. The van der Waals surface area contributed by atoms with Crippen molar-refractivity contribution in [2.75, 3.05) is 7.11 Å². The number of carboxylic acid groups (broad SMARTS) is 1. The molecule has 98 valence electrons. The minimum atomic E-state index is -0.644. The summed E-state index contributed by atoms with van der Waals surface area (Å²) in [5.74, 6) is 0.525. The fourth-order valence-electron chi connectivity index (χ4n) is 2.46. The lowest BCUT2D eigenvalue weighted by Crippen LogP contribution is -2.01. The molecule has 2 atom stereocenters. The third-order valence-electron chi connectivity index (χ3n) is 3.78. The van der Waals surface area contributed by atoms with E-state index in [0.29, 0.717) is 5.92 Å². The van der Waals surface area contributed by atoms with Gasteiger partial charge in [0.2, 0.25) is 0 Å². The molecule has 0 amide bonds. The molecule has 0 aliphatic heterocycles.